The first-order chi connectivity index (χ1) is 9.09. The van der Waals surface area contributed by atoms with Crippen LogP contribution < -0.4 is 0 Å². The Balaban J connectivity index is 2.24. The molecule has 0 aliphatic rings. The molecule has 0 radical (unpaired) electrons. The van der Waals surface area contributed by atoms with Crippen LogP contribution in [0.2, 0.25) is 0 Å². The Hall–Kier alpha value is -2.22. The molecule has 1 unspecified atom stereocenters. The van der Waals surface area contributed by atoms with E-state index in [1.807, 2.05) is 37.3 Å². The van der Waals surface area contributed by atoms with E-state index in [1.54, 1.807) is 31.2 Å². The van der Waals surface area contributed by atoms with Gasteiger partial charge >= 0.3 is 0 Å². The number of Topliss-reactive ketones (excluding diaryl/α,β-unsaturated/α-hetero) is 1. The van der Waals surface area contributed by atoms with Crippen molar-refractivity contribution in [3.63, 3.8) is 0 Å². The highest BCUT2D eigenvalue weighted by Crippen LogP contribution is 2.18. The van der Waals surface area contributed by atoms with Gasteiger partial charge in [-0.15, -0.1) is 0 Å². The molecule has 0 spiro atoms. The minimum Gasteiger partial charge on any atom is -0.299 e. The molecule has 2 aromatic rings. The summed E-state index contributed by atoms with van der Waals surface area (Å²) >= 11 is 0. The molecule has 0 bridgehead atoms. The van der Waals surface area contributed by atoms with E-state index >= 15 is 0 Å². The summed E-state index contributed by atoms with van der Waals surface area (Å²) < 4.78 is 0. The van der Waals surface area contributed by atoms with Crippen molar-refractivity contribution in [3.05, 3.63) is 71.3 Å². The van der Waals surface area contributed by atoms with Gasteiger partial charge in [0.05, 0.1) is 0 Å². The SMILES string of the molecule is CC(=O)C(C)c1ccc(C(=O)c2ccccc2)cc1. The standard InChI is InChI=1S/C17H16O2/c1-12(13(2)18)14-8-10-16(11-9-14)17(19)15-6-4-3-5-7-15/h3-12H,1-2H3. The lowest BCUT2D eigenvalue weighted by atomic mass is 9.95. The van der Waals surface area contributed by atoms with Crippen LogP contribution in [-0.2, 0) is 4.79 Å². The summed E-state index contributed by atoms with van der Waals surface area (Å²) in [5.41, 5.74) is 2.26. The zero-order valence-corrected chi connectivity index (χ0v) is 11.1. The van der Waals surface area contributed by atoms with Crippen LogP contribution in [0, 0.1) is 0 Å². The summed E-state index contributed by atoms with van der Waals surface area (Å²) in [5.74, 6) is 0.00522. The van der Waals surface area contributed by atoms with E-state index in [2.05, 4.69) is 0 Å². The Morgan fingerprint density at radius 1 is 0.842 bits per heavy atom. The summed E-state index contributed by atoms with van der Waals surface area (Å²) in [6.45, 7) is 3.45. The second-order valence-electron chi connectivity index (χ2n) is 4.65. The maximum Gasteiger partial charge on any atom is 0.193 e. The van der Waals surface area contributed by atoms with Crippen LogP contribution in [-0.4, -0.2) is 11.6 Å². The first-order valence-electron chi connectivity index (χ1n) is 6.29. The van der Waals surface area contributed by atoms with E-state index in [0.29, 0.717) is 11.1 Å². The fourth-order valence-corrected chi connectivity index (χ4v) is 1.91. The number of carbonyl (C=O) groups is 2. The average molecular weight is 252 g/mol. The molecule has 0 aliphatic heterocycles. The van der Waals surface area contributed by atoms with Crippen LogP contribution in [0.4, 0.5) is 0 Å². The lowest BCUT2D eigenvalue weighted by Crippen LogP contribution is -2.05. The number of ketones is 2. The van der Waals surface area contributed by atoms with Gasteiger partial charge in [0.2, 0.25) is 0 Å². The number of hydrogen-bond acceptors (Lipinski definition) is 2. The Morgan fingerprint density at radius 3 is 1.89 bits per heavy atom. The highest BCUT2D eigenvalue weighted by Gasteiger charge is 2.12. The summed E-state index contributed by atoms with van der Waals surface area (Å²) in [5, 5.41) is 0. The number of hydrogen-bond donors (Lipinski definition) is 0. The fraction of sp³-hybridized carbons (Fsp3) is 0.176. The van der Waals surface area contributed by atoms with Crippen LogP contribution in [0.25, 0.3) is 0 Å². The predicted octanol–water partition coefficient (Wildman–Crippen LogP) is 3.61. The van der Waals surface area contributed by atoms with E-state index < -0.39 is 0 Å². The van der Waals surface area contributed by atoms with Gasteiger partial charge in [-0.2, -0.15) is 0 Å². The second-order valence-corrected chi connectivity index (χ2v) is 4.65. The fourth-order valence-electron chi connectivity index (χ4n) is 1.91. The number of rotatable bonds is 4. The molecule has 0 aliphatic carbocycles. The second kappa shape index (κ2) is 5.61. The molecule has 2 nitrogen and oxygen atoms in total. The summed E-state index contributed by atoms with van der Waals surface area (Å²) in [4.78, 5) is 23.5. The van der Waals surface area contributed by atoms with E-state index in [-0.39, 0.29) is 17.5 Å². The maximum atomic E-state index is 12.2. The van der Waals surface area contributed by atoms with Crippen LogP contribution >= 0.6 is 0 Å². The van der Waals surface area contributed by atoms with E-state index in [4.69, 9.17) is 0 Å². The van der Waals surface area contributed by atoms with Gasteiger partial charge in [-0.25, -0.2) is 0 Å². The molecule has 19 heavy (non-hydrogen) atoms. The molecular weight excluding hydrogens is 236 g/mol. The highest BCUT2D eigenvalue weighted by molar-refractivity contribution is 6.09. The van der Waals surface area contributed by atoms with Crippen LogP contribution in [0.15, 0.2) is 54.6 Å². The van der Waals surface area contributed by atoms with E-state index in [0.717, 1.165) is 5.56 Å². The first-order valence-corrected chi connectivity index (χ1v) is 6.29. The largest absolute Gasteiger partial charge is 0.299 e. The molecule has 0 saturated heterocycles. The monoisotopic (exact) mass is 252 g/mol. The van der Waals surface area contributed by atoms with Crippen molar-refractivity contribution in [2.24, 2.45) is 0 Å². The van der Waals surface area contributed by atoms with E-state index in [9.17, 15) is 9.59 Å². The van der Waals surface area contributed by atoms with Gasteiger partial charge in [0.1, 0.15) is 5.78 Å². The third-order valence-corrected chi connectivity index (χ3v) is 3.32. The molecule has 0 aromatic heterocycles. The zero-order chi connectivity index (χ0) is 13.8. The van der Waals surface area contributed by atoms with E-state index in [1.165, 1.54) is 0 Å². The lowest BCUT2D eigenvalue weighted by molar-refractivity contribution is -0.118. The molecule has 0 heterocycles. The predicted molar refractivity (Wildman–Crippen MR) is 75.4 cm³/mol. The van der Waals surface area contributed by atoms with Gasteiger partial charge in [0.25, 0.3) is 0 Å². The van der Waals surface area contributed by atoms with Crippen LogP contribution in [0.1, 0.15) is 41.3 Å². The van der Waals surface area contributed by atoms with Crippen molar-refractivity contribution in [1.82, 2.24) is 0 Å². The third kappa shape index (κ3) is 2.97. The number of benzene rings is 2. The molecule has 0 N–H and O–H groups in total. The van der Waals surface area contributed by atoms with Gasteiger partial charge < -0.3 is 0 Å². The van der Waals surface area contributed by atoms with Crippen molar-refractivity contribution in [2.75, 3.05) is 0 Å². The Bertz CT molecular complexity index is 582. The van der Waals surface area contributed by atoms with Gasteiger partial charge in [-0.1, -0.05) is 61.5 Å². The molecule has 0 saturated carbocycles. The normalized spacial score (nSPS) is 11.9. The first kappa shape index (κ1) is 13.2. The molecule has 0 fully saturated rings. The molecule has 2 aromatic carbocycles. The summed E-state index contributed by atoms with van der Waals surface area (Å²) in [6, 6.07) is 16.4. The van der Waals surface area contributed by atoms with Crippen molar-refractivity contribution >= 4 is 11.6 Å². The molecular formula is C17H16O2. The average Bonchev–Trinajstić information content (AvgIpc) is 2.46. The van der Waals surface area contributed by atoms with Gasteiger partial charge in [-0.3, -0.25) is 9.59 Å². The molecule has 0 amide bonds. The zero-order valence-electron chi connectivity index (χ0n) is 11.1. The minimum absolute atomic E-state index is 0.00243. The van der Waals surface area contributed by atoms with Gasteiger partial charge in [0.15, 0.2) is 5.78 Å². The Labute approximate surface area is 113 Å². The molecule has 1 atom stereocenters. The summed E-state index contributed by atoms with van der Waals surface area (Å²) in [6.07, 6.45) is 0. The Kier molecular flexibility index (Phi) is 3.91. The van der Waals surface area contributed by atoms with Crippen LogP contribution in [0.3, 0.4) is 0 Å². The lowest BCUT2D eigenvalue weighted by Gasteiger charge is -2.08. The Morgan fingerprint density at radius 2 is 1.37 bits per heavy atom. The van der Waals surface area contributed by atoms with Gasteiger partial charge in [0, 0.05) is 17.0 Å². The quantitative estimate of drug-likeness (QED) is 0.779. The van der Waals surface area contributed by atoms with Gasteiger partial charge in [-0.05, 0) is 12.5 Å². The van der Waals surface area contributed by atoms with Crippen molar-refractivity contribution in [1.29, 1.82) is 0 Å². The summed E-state index contributed by atoms with van der Waals surface area (Å²) in [7, 11) is 0. The molecule has 2 rings (SSSR count). The maximum absolute atomic E-state index is 12.2. The molecule has 96 valence electrons. The van der Waals surface area contributed by atoms with Crippen LogP contribution in [0.5, 0.6) is 0 Å². The van der Waals surface area contributed by atoms with Crippen molar-refractivity contribution < 1.29 is 9.59 Å². The van der Waals surface area contributed by atoms with Crippen molar-refractivity contribution in [3.8, 4) is 0 Å². The van der Waals surface area contributed by atoms with Crippen molar-refractivity contribution in [2.45, 2.75) is 19.8 Å². The minimum atomic E-state index is -0.124. The highest BCUT2D eigenvalue weighted by atomic mass is 16.1. The molecule has 2 heteroatoms. The topological polar surface area (TPSA) is 34.1 Å². The number of carbonyl (C=O) groups excluding carboxylic acids is 2. The third-order valence-electron chi connectivity index (χ3n) is 3.32. The smallest absolute Gasteiger partial charge is 0.193 e.